The first-order valence-electron chi connectivity index (χ1n) is 7.80. The van der Waals surface area contributed by atoms with Crippen LogP contribution < -0.4 is 0 Å². The number of aromatic nitrogens is 2. The Kier molecular flexibility index (Phi) is 5.60. The normalized spacial score (nSPS) is 19.8. The predicted molar refractivity (Wildman–Crippen MR) is 86.7 cm³/mol. The Balaban J connectivity index is 2.16. The second-order valence-electron chi connectivity index (χ2n) is 5.84. The largest absolute Gasteiger partial charge is 0.329 e. The fourth-order valence-electron chi connectivity index (χ4n) is 2.86. The van der Waals surface area contributed by atoms with E-state index in [0.717, 1.165) is 31.7 Å². The standard InChI is InChI=1S/C14H27N5O2S/c1-5-17(6-2)8-7-13-10-18(22(20,21)16(3)4)11-14-9-15-12-19(13)14/h9,12-13H,5-8,10-11H2,1-4H3. The van der Waals surface area contributed by atoms with Crippen molar-refractivity contribution in [2.45, 2.75) is 32.9 Å². The third kappa shape index (κ3) is 3.51. The maximum absolute atomic E-state index is 12.4. The molecule has 2 rings (SSSR count). The molecule has 0 aliphatic carbocycles. The Labute approximate surface area is 133 Å². The zero-order valence-corrected chi connectivity index (χ0v) is 14.8. The van der Waals surface area contributed by atoms with E-state index in [1.54, 1.807) is 24.6 Å². The van der Waals surface area contributed by atoms with Crippen LogP contribution in [0.5, 0.6) is 0 Å². The first-order chi connectivity index (χ1) is 10.4. The number of nitrogens with zero attached hydrogens (tertiary/aromatic N) is 5. The molecular formula is C14H27N5O2S. The maximum Gasteiger partial charge on any atom is 0.281 e. The lowest BCUT2D eigenvalue weighted by atomic mass is 10.1. The fraction of sp³-hybridized carbons (Fsp3) is 0.786. The summed E-state index contributed by atoms with van der Waals surface area (Å²) >= 11 is 0. The van der Waals surface area contributed by atoms with Crippen LogP contribution in [0.2, 0.25) is 0 Å². The van der Waals surface area contributed by atoms with Crippen molar-refractivity contribution in [3.8, 4) is 0 Å². The molecule has 7 nitrogen and oxygen atoms in total. The van der Waals surface area contributed by atoms with Gasteiger partial charge in [-0.05, 0) is 19.5 Å². The van der Waals surface area contributed by atoms with Crippen molar-refractivity contribution < 1.29 is 8.42 Å². The Bertz CT molecular complexity index is 580. The molecule has 8 heteroatoms. The monoisotopic (exact) mass is 329 g/mol. The molecule has 0 amide bonds. The van der Waals surface area contributed by atoms with Gasteiger partial charge < -0.3 is 9.47 Å². The van der Waals surface area contributed by atoms with Crippen molar-refractivity contribution >= 4 is 10.2 Å². The molecule has 0 saturated heterocycles. The predicted octanol–water partition coefficient (Wildman–Crippen LogP) is 0.778. The number of hydrogen-bond acceptors (Lipinski definition) is 4. The van der Waals surface area contributed by atoms with Crippen molar-refractivity contribution in [1.29, 1.82) is 0 Å². The molecule has 2 heterocycles. The van der Waals surface area contributed by atoms with E-state index < -0.39 is 10.2 Å². The molecule has 1 atom stereocenters. The summed E-state index contributed by atoms with van der Waals surface area (Å²) < 4.78 is 29.8. The van der Waals surface area contributed by atoms with Crippen molar-refractivity contribution in [1.82, 2.24) is 23.1 Å². The second kappa shape index (κ2) is 7.08. The number of fused-ring (bicyclic) bond motifs is 1. The molecule has 0 N–H and O–H groups in total. The smallest absolute Gasteiger partial charge is 0.281 e. The minimum Gasteiger partial charge on any atom is -0.329 e. The summed E-state index contributed by atoms with van der Waals surface area (Å²) in [7, 11) is -0.240. The third-order valence-electron chi connectivity index (χ3n) is 4.35. The third-order valence-corrected chi connectivity index (χ3v) is 6.21. The summed E-state index contributed by atoms with van der Waals surface area (Å²) in [6.07, 6.45) is 4.51. The molecule has 1 aromatic heterocycles. The zero-order valence-electron chi connectivity index (χ0n) is 13.9. The molecule has 0 aromatic carbocycles. The molecule has 1 aliphatic heterocycles. The van der Waals surface area contributed by atoms with Crippen LogP contribution in [-0.2, 0) is 16.8 Å². The van der Waals surface area contributed by atoms with Gasteiger partial charge in [-0.3, -0.25) is 0 Å². The highest BCUT2D eigenvalue weighted by molar-refractivity contribution is 7.86. The summed E-state index contributed by atoms with van der Waals surface area (Å²) in [5, 5.41) is 0. The van der Waals surface area contributed by atoms with E-state index in [2.05, 4.69) is 28.3 Å². The Morgan fingerprint density at radius 3 is 2.59 bits per heavy atom. The minimum atomic E-state index is -3.39. The zero-order chi connectivity index (χ0) is 16.3. The average molecular weight is 329 g/mol. The molecule has 126 valence electrons. The van der Waals surface area contributed by atoms with Crippen LogP contribution in [0, 0.1) is 0 Å². The quantitative estimate of drug-likeness (QED) is 0.742. The minimum absolute atomic E-state index is 0.140. The highest BCUT2D eigenvalue weighted by Gasteiger charge is 2.33. The lowest BCUT2D eigenvalue weighted by Crippen LogP contribution is -2.46. The van der Waals surface area contributed by atoms with Crippen LogP contribution >= 0.6 is 0 Å². The fourth-order valence-corrected chi connectivity index (χ4v) is 3.98. The molecule has 0 saturated carbocycles. The van der Waals surface area contributed by atoms with E-state index in [0.29, 0.717) is 13.1 Å². The summed E-state index contributed by atoms with van der Waals surface area (Å²) in [6.45, 7) is 8.18. The van der Waals surface area contributed by atoms with Crippen LogP contribution in [-0.4, -0.2) is 71.8 Å². The van der Waals surface area contributed by atoms with Crippen LogP contribution in [0.4, 0.5) is 0 Å². The first-order valence-corrected chi connectivity index (χ1v) is 9.20. The van der Waals surface area contributed by atoms with Gasteiger partial charge in [0.15, 0.2) is 0 Å². The topological polar surface area (TPSA) is 61.7 Å². The SMILES string of the molecule is CCN(CC)CCC1CN(S(=O)(=O)N(C)C)Cc2cncn21. The van der Waals surface area contributed by atoms with Crippen molar-refractivity contribution in [2.24, 2.45) is 0 Å². The van der Waals surface area contributed by atoms with E-state index >= 15 is 0 Å². The van der Waals surface area contributed by atoms with Crippen LogP contribution in [0.1, 0.15) is 32.0 Å². The maximum atomic E-state index is 12.4. The van der Waals surface area contributed by atoms with E-state index in [1.165, 1.54) is 4.31 Å². The summed E-state index contributed by atoms with van der Waals surface area (Å²) in [6, 6.07) is 0.140. The second-order valence-corrected chi connectivity index (χ2v) is 7.99. The lowest BCUT2D eigenvalue weighted by molar-refractivity contribution is 0.224. The van der Waals surface area contributed by atoms with E-state index in [9.17, 15) is 8.42 Å². The lowest BCUT2D eigenvalue weighted by Gasteiger charge is -2.35. The van der Waals surface area contributed by atoms with Crippen LogP contribution in [0.3, 0.4) is 0 Å². The van der Waals surface area contributed by atoms with Gasteiger partial charge in [-0.1, -0.05) is 13.8 Å². The molecule has 1 aromatic rings. The van der Waals surface area contributed by atoms with Crippen molar-refractivity contribution in [3.63, 3.8) is 0 Å². The van der Waals surface area contributed by atoms with Gasteiger partial charge in [-0.2, -0.15) is 17.0 Å². The van der Waals surface area contributed by atoms with Gasteiger partial charge in [0.1, 0.15) is 0 Å². The molecule has 22 heavy (non-hydrogen) atoms. The highest BCUT2D eigenvalue weighted by atomic mass is 32.2. The van der Waals surface area contributed by atoms with Crippen LogP contribution in [0.25, 0.3) is 0 Å². The van der Waals surface area contributed by atoms with Gasteiger partial charge in [-0.15, -0.1) is 0 Å². The highest BCUT2D eigenvalue weighted by Crippen LogP contribution is 2.26. The molecule has 0 spiro atoms. The van der Waals surface area contributed by atoms with Gasteiger partial charge in [0, 0.05) is 39.4 Å². The Morgan fingerprint density at radius 2 is 2.00 bits per heavy atom. The Hall–Kier alpha value is -0.960. The molecule has 0 radical (unpaired) electrons. The van der Waals surface area contributed by atoms with Gasteiger partial charge in [-0.25, -0.2) is 4.98 Å². The summed E-state index contributed by atoms with van der Waals surface area (Å²) in [5.41, 5.74) is 0.959. The Morgan fingerprint density at radius 1 is 1.32 bits per heavy atom. The molecule has 1 unspecified atom stereocenters. The summed E-state index contributed by atoms with van der Waals surface area (Å²) in [4.78, 5) is 6.55. The first kappa shape index (κ1) is 17.4. The molecule has 0 bridgehead atoms. The van der Waals surface area contributed by atoms with E-state index in [4.69, 9.17) is 0 Å². The summed E-state index contributed by atoms with van der Waals surface area (Å²) in [5.74, 6) is 0. The number of imidazole rings is 1. The van der Waals surface area contributed by atoms with E-state index in [-0.39, 0.29) is 6.04 Å². The van der Waals surface area contributed by atoms with Crippen molar-refractivity contribution in [3.05, 3.63) is 18.2 Å². The number of hydrogen-bond donors (Lipinski definition) is 0. The van der Waals surface area contributed by atoms with Crippen molar-refractivity contribution in [2.75, 3.05) is 40.3 Å². The molecule has 1 aliphatic rings. The van der Waals surface area contributed by atoms with Gasteiger partial charge in [0.05, 0.1) is 18.6 Å². The van der Waals surface area contributed by atoms with Gasteiger partial charge in [0.25, 0.3) is 10.2 Å². The molecule has 0 fully saturated rings. The average Bonchev–Trinajstić information content (AvgIpc) is 2.96. The molecular weight excluding hydrogens is 302 g/mol. The van der Waals surface area contributed by atoms with Gasteiger partial charge in [0.2, 0.25) is 0 Å². The van der Waals surface area contributed by atoms with E-state index in [1.807, 2.05) is 6.33 Å². The van der Waals surface area contributed by atoms with Gasteiger partial charge >= 0.3 is 0 Å². The number of rotatable bonds is 7. The van der Waals surface area contributed by atoms with Crippen LogP contribution in [0.15, 0.2) is 12.5 Å².